The maximum absolute atomic E-state index is 13.0. The molecule has 166 valence electrons. The average molecular weight is 436 g/mol. The highest BCUT2D eigenvalue weighted by molar-refractivity contribution is 6.23. The van der Waals surface area contributed by atoms with Crippen molar-refractivity contribution in [3.63, 3.8) is 0 Å². The Morgan fingerprint density at radius 3 is 2.62 bits per heavy atom. The molecule has 0 aliphatic carbocycles. The van der Waals surface area contributed by atoms with Crippen LogP contribution in [0.2, 0.25) is 0 Å². The molecule has 2 fully saturated rings. The minimum atomic E-state index is -0.959. The van der Waals surface area contributed by atoms with E-state index < -0.39 is 29.7 Å². The Balaban J connectivity index is 1.33. The zero-order valence-corrected chi connectivity index (χ0v) is 17.7. The van der Waals surface area contributed by atoms with E-state index in [0.29, 0.717) is 18.7 Å². The molecule has 1 aromatic carbocycles. The minimum absolute atomic E-state index is 0.0222. The normalized spacial score (nSPS) is 26.1. The molecule has 4 amide bonds. The summed E-state index contributed by atoms with van der Waals surface area (Å²) >= 11 is 0. The number of carbonyl (C=O) groups is 4. The zero-order chi connectivity index (χ0) is 22.6. The molecule has 0 saturated carbocycles. The second-order valence-corrected chi connectivity index (χ2v) is 8.72. The van der Waals surface area contributed by atoms with Gasteiger partial charge in [-0.25, -0.2) is 4.98 Å². The number of hydrogen-bond acceptors (Lipinski definition) is 7. The van der Waals surface area contributed by atoms with Crippen molar-refractivity contribution in [1.29, 1.82) is 0 Å². The standard InChI is InChI=1S/C22H24N6O4/c1-26-11-24-7-18(26)15-9-27(10-16(15)23)8-12-2-3-13-14(6-12)22(32)28(21(13)31)17-4-5-19(29)25-20(17)30/h2-3,6-7,11,15-17H,4-5,8-10,23H2,1H3,(H,25,29,30)/t15-,16-,17?/m1/s1. The van der Waals surface area contributed by atoms with Gasteiger partial charge in [-0.15, -0.1) is 0 Å². The van der Waals surface area contributed by atoms with Crippen LogP contribution in [0.1, 0.15) is 50.7 Å². The number of fused-ring (bicyclic) bond motifs is 1. The average Bonchev–Trinajstić information content (AvgIpc) is 3.39. The quantitative estimate of drug-likeness (QED) is 0.632. The Hall–Kier alpha value is -3.37. The van der Waals surface area contributed by atoms with Gasteiger partial charge in [0.2, 0.25) is 11.8 Å². The molecule has 32 heavy (non-hydrogen) atoms. The molecule has 3 aliphatic rings. The highest BCUT2D eigenvalue weighted by atomic mass is 16.2. The molecular formula is C22H24N6O4. The fourth-order valence-electron chi connectivity index (χ4n) is 4.95. The third-order valence-electron chi connectivity index (χ3n) is 6.58. The third-order valence-corrected chi connectivity index (χ3v) is 6.58. The molecule has 3 atom stereocenters. The first-order chi connectivity index (χ1) is 15.3. The number of aromatic nitrogens is 2. The van der Waals surface area contributed by atoms with Crippen molar-refractivity contribution in [2.24, 2.45) is 12.8 Å². The second kappa shape index (κ2) is 7.64. The molecule has 0 radical (unpaired) electrons. The second-order valence-electron chi connectivity index (χ2n) is 8.72. The van der Waals surface area contributed by atoms with Gasteiger partial charge in [0.15, 0.2) is 0 Å². The van der Waals surface area contributed by atoms with Crippen LogP contribution in [0.15, 0.2) is 30.7 Å². The van der Waals surface area contributed by atoms with Gasteiger partial charge in [0.25, 0.3) is 11.8 Å². The lowest BCUT2D eigenvalue weighted by atomic mass is 10.0. The molecule has 0 bridgehead atoms. The fourth-order valence-corrected chi connectivity index (χ4v) is 4.95. The first-order valence-corrected chi connectivity index (χ1v) is 10.6. The van der Waals surface area contributed by atoms with E-state index >= 15 is 0 Å². The lowest BCUT2D eigenvalue weighted by Crippen LogP contribution is -2.54. The topological polar surface area (TPSA) is 131 Å². The molecule has 2 aromatic rings. The van der Waals surface area contributed by atoms with Crippen LogP contribution in [-0.2, 0) is 23.2 Å². The summed E-state index contributed by atoms with van der Waals surface area (Å²) in [6, 6.07) is 4.22. The van der Waals surface area contributed by atoms with Crippen LogP contribution in [0.5, 0.6) is 0 Å². The number of piperidine rings is 1. The van der Waals surface area contributed by atoms with E-state index in [2.05, 4.69) is 15.2 Å². The van der Waals surface area contributed by atoms with Crippen LogP contribution in [0.25, 0.3) is 0 Å². The highest BCUT2D eigenvalue weighted by Gasteiger charge is 2.44. The molecule has 2 saturated heterocycles. The summed E-state index contributed by atoms with van der Waals surface area (Å²) in [5.74, 6) is -1.82. The summed E-state index contributed by atoms with van der Waals surface area (Å²) < 4.78 is 1.98. The van der Waals surface area contributed by atoms with Crippen LogP contribution in [0.3, 0.4) is 0 Å². The van der Waals surface area contributed by atoms with Crippen molar-refractivity contribution >= 4 is 23.6 Å². The molecule has 4 heterocycles. The van der Waals surface area contributed by atoms with E-state index in [0.717, 1.165) is 22.7 Å². The van der Waals surface area contributed by atoms with Crippen LogP contribution >= 0.6 is 0 Å². The van der Waals surface area contributed by atoms with E-state index in [1.165, 1.54) is 0 Å². The van der Waals surface area contributed by atoms with Gasteiger partial charge in [0.05, 0.1) is 17.5 Å². The maximum Gasteiger partial charge on any atom is 0.262 e. The predicted octanol–water partition coefficient (Wildman–Crippen LogP) is -0.252. The van der Waals surface area contributed by atoms with Crippen LogP contribution in [0, 0.1) is 0 Å². The van der Waals surface area contributed by atoms with Crippen molar-refractivity contribution in [2.45, 2.75) is 37.4 Å². The first-order valence-electron chi connectivity index (χ1n) is 10.6. The number of imide groups is 2. The van der Waals surface area contributed by atoms with Gasteiger partial charge in [0.1, 0.15) is 6.04 Å². The summed E-state index contributed by atoms with van der Waals surface area (Å²) in [7, 11) is 1.95. The van der Waals surface area contributed by atoms with Crippen molar-refractivity contribution in [3.05, 3.63) is 53.1 Å². The predicted molar refractivity (Wildman–Crippen MR) is 112 cm³/mol. The number of nitrogens with two attached hydrogens (primary N) is 1. The third kappa shape index (κ3) is 3.32. The van der Waals surface area contributed by atoms with E-state index in [1.54, 1.807) is 18.5 Å². The van der Waals surface area contributed by atoms with E-state index in [1.807, 2.05) is 23.9 Å². The molecule has 0 spiro atoms. The monoisotopic (exact) mass is 436 g/mol. The molecule has 1 unspecified atom stereocenters. The Kier molecular flexibility index (Phi) is 4.90. The van der Waals surface area contributed by atoms with E-state index in [4.69, 9.17) is 5.73 Å². The van der Waals surface area contributed by atoms with Gasteiger partial charge in [-0.1, -0.05) is 6.07 Å². The molecule has 10 nitrogen and oxygen atoms in total. The van der Waals surface area contributed by atoms with Crippen molar-refractivity contribution in [3.8, 4) is 0 Å². The number of hydrogen-bond donors (Lipinski definition) is 2. The number of nitrogens with zero attached hydrogens (tertiary/aromatic N) is 4. The van der Waals surface area contributed by atoms with Gasteiger partial charge in [-0.05, 0) is 24.1 Å². The van der Waals surface area contributed by atoms with Crippen LogP contribution in [-0.4, -0.2) is 68.2 Å². The fraction of sp³-hybridized carbons (Fsp3) is 0.409. The lowest BCUT2D eigenvalue weighted by molar-refractivity contribution is -0.136. The minimum Gasteiger partial charge on any atom is -0.337 e. The number of amides is 4. The number of benzene rings is 1. The number of carbonyl (C=O) groups excluding carboxylic acids is 4. The molecule has 3 aliphatic heterocycles. The number of rotatable bonds is 4. The largest absolute Gasteiger partial charge is 0.337 e. The summed E-state index contributed by atoms with van der Waals surface area (Å²) in [6.07, 6.45) is 3.85. The zero-order valence-electron chi connectivity index (χ0n) is 17.7. The van der Waals surface area contributed by atoms with Crippen LogP contribution < -0.4 is 11.1 Å². The van der Waals surface area contributed by atoms with Gasteiger partial charge in [0, 0.05) is 57.0 Å². The number of imidazole rings is 1. The van der Waals surface area contributed by atoms with E-state index in [9.17, 15) is 19.2 Å². The van der Waals surface area contributed by atoms with Crippen molar-refractivity contribution < 1.29 is 19.2 Å². The lowest BCUT2D eigenvalue weighted by Gasteiger charge is -2.27. The Labute approximate surface area is 184 Å². The maximum atomic E-state index is 13.0. The Morgan fingerprint density at radius 2 is 1.91 bits per heavy atom. The number of aryl methyl sites for hydroxylation is 1. The molecular weight excluding hydrogens is 412 g/mol. The van der Waals surface area contributed by atoms with Gasteiger partial charge in [-0.3, -0.25) is 34.3 Å². The highest BCUT2D eigenvalue weighted by Crippen LogP contribution is 2.30. The van der Waals surface area contributed by atoms with E-state index in [-0.39, 0.29) is 30.4 Å². The first kappa shape index (κ1) is 20.5. The van der Waals surface area contributed by atoms with Crippen molar-refractivity contribution in [2.75, 3.05) is 13.1 Å². The summed E-state index contributed by atoms with van der Waals surface area (Å²) in [4.78, 5) is 56.9. The summed E-state index contributed by atoms with van der Waals surface area (Å²) in [5, 5.41) is 2.21. The smallest absolute Gasteiger partial charge is 0.262 e. The van der Waals surface area contributed by atoms with Gasteiger partial charge < -0.3 is 10.3 Å². The molecule has 5 rings (SSSR count). The van der Waals surface area contributed by atoms with Gasteiger partial charge >= 0.3 is 0 Å². The van der Waals surface area contributed by atoms with Crippen LogP contribution in [0.4, 0.5) is 0 Å². The number of nitrogens with one attached hydrogen (secondary N) is 1. The SMILES string of the molecule is Cn1cncc1[C@@H]1CN(Cc2ccc3c(c2)C(=O)N(C2CCC(=O)NC2=O)C3=O)C[C@H]1N. The summed E-state index contributed by atoms with van der Waals surface area (Å²) in [6.45, 7) is 2.07. The molecule has 10 heteroatoms. The number of likely N-dealkylation sites (tertiary alicyclic amines) is 1. The Bertz CT molecular complexity index is 1140. The Morgan fingerprint density at radius 1 is 1.12 bits per heavy atom. The molecule has 3 N–H and O–H groups in total. The summed E-state index contributed by atoms with van der Waals surface area (Å²) in [5.41, 5.74) is 8.96. The van der Waals surface area contributed by atoms with Crippen molar-refractivity contribution in [1.82, 2.24) is 24.7 Å². The van der Waals surface area contributed by atoms with Gasteiger partial charge in [-0.2, -0.15) is 0 Å². The molecule has 1 aromatic heterocycles.